The van der Waals surface area contributed by atoms with Gasteiger partial charge < -0.3 is 5.32 Å². The first-order valence-corrected chi connectivity index (χ1v) is 7.28. The summed E-state index contributed by atoms with van der Waals surface area (Å²) in [5.41, 5.74) is 2.10. The van der Waals surface area contributed by atoms with Crippen molar-refractivity contribution in [2.24, 2.45) is 0 Å². The molecule has 0 aliphatic heterocycles. The molecule has 0 spiro atoms. The molecule has 0 bridgehead atoms. The lowest BCUT2D eigenvalue weighted by atomic mass is 9.92. The van der Waals surface area contributed by atoms with Crippen molar-refractivity contribution in [3.63, 3.8) is 0 Å². The summed E-state index contributed by atoms with van der Waals surface area (Å²) in [6.45, 7) is 3.85. The molecule has 0 radical (unpaired) electrons. The highest BCUT2D eigenvalue weighted by Crippen LogP contribution is 2.26. The molecule has 2 aromatic rings. The number of rotatable bonds is 6. The number of hydrogen-bond acceptors (Lipinski definition) is 1. The van der Waals surface area contributed by atoms with E-state index in [0.29, 0.717) is 0 Å². The molecule has 0 aromatic heterocycles. The lowest BCUT2D eigenvalue weighted by Crippen LogP contribution is -2.22. The summed E-state index contributed by atoms with van der Waals surface area (Å²) < 4.78 is 13.5. The molecule has 0 fully saturated rings. The van der Waals surface area contributed by atoms with Crippen LogP contribution in [0.25, 0.3) is 0 Å². The van der Waals surface area contributed by atoms with Gasteiger partial charge in [0.2, 0.25) is 0 Å². The van der Waals surface area contributed by atoms with Crippen LogP contribution in [-0.4, -0.2) is 13.1 Å². The summed E-state index contributed by atoms with van der Waals surface area (Å²) in [7, 11) is 0. The van der Waals surface area contributed by atoms with E-state index in [-0.39, 0.29) is 16.8 Å². The number of hydrogen-bond donors (Lipinski definition) is 1. The second kappa shape index (κ2) is 7.41. The fourth-order valence-corrected chi connectivity index (χ4v) is 2.53. The molecule has 1 N–H and O–H groups in total. The zero-order chi connectivity index (χ0) is 14.4. The molecule has 0 aliphatic rings. The van der Waals surface area contributed by atoms with Crippen LogP contribution in [0, 0.1) is 5.82 Å². The summed E-state index contributed by atoms with van der Waals surface area (Å²) in [4.78, 5) is 0. The van der Waals surface area contributed by atoms with Gasteiger partial charge >= 0.3 is 0 Å². The van der Waals surface area contributed by atoms with Gasteiger partial charge in [0.05, 0.1) is 5.02 Å². The molecule has 1 unspecified atom stereocenters. The molecule has 2 rings (SSSR count). The average Bonchev–Trinajstić information content (AvgIpc) is 2.48. The van der Waals surface area contributed by atoms with Crippen LogP contribution in [-0.2, 0) is 6.42 Å². The van der Waals surface area contributed by atoms with E-state index in [1.165, 1.54) is 11.6 Å². The van der Waals surface area contributed by atoms with Gasteiger partial charge in [-0.3, -0.25) is 0 Å². The third-order valence-electron chi connectivity index (χ3n) is 3.41. The van der Waals surface area contributed by atoms with Crippen LogP contribution in [0.1, 0.15) is 24.0 Å². The highest BCUT2D eigenvalue weighted by atomic mass is 35.5. The molecule has 0 amide bonds. The summed E-state index contributed by atoms with van der Waals surface area (Å²) in [5.74, 6) is -0.0603. The monoisotopic (exact) mass is 291 g/mol. The van der Waals surface area contributed by atoms with E-state index in [2.05, 4.69) is 24.4 Å². The molecule has 0 heterocycles. The molecule has 1 nitrogen and oxygen atoms in total. The summed E-state index contributed by atoms with van der Waals surface area (Å²) in [5, 5.41) is 3.61. The van der Waals surface area contributed by atoms with Gasteiger partial charge in [0, 0.05) is 12.5 Å². The Bertz CT molecular complexity index is 542. The smallest absolute Gasteiger partial charge is 0.142 e. The van der Waals surface area contributed by atoms with Gasteiger partial charge in [-0.05, 0) is 30.2 Å². The third kappa shape index (κ3) is 3.81. The number of nitrogens with one attached hydrogen (secondary N) is 1. The second-order valence-corrected chi connectivity index (χ2v) is 5.21. The van der Waals surface area contributed by atoms with E-state index in [1.54, 1.807) is 6.07 Å². The minimum absolute atomic E-state index is 0.241. The van der Waals surface area contributed by atoms with Gasteiger partial charge in [-0.25, -0.2) is 4.39 Å². The first-order valence-electron chi connectivity index (χ1n) is 6.91. The maximum absolute atomic E-state index is 13.5. The molecule has 2 aromatic carbocycles. The van der Waals surface area contributed by atoms with Crippen LogP contribution >= 0.6 is 11.6 Å². The molecule has 0 saturated heterocycles. The first kappa shape index (κ1) is 15.0. The zero-order valence-electron chi connectivity index (χ0n) is 11.6. The minimum atomic E-state index is -0.348. The Morgan fingerprint density at radius 2 is 1.85 bits per heavy atom. The number of halogens is 2. The molecule has 1 atom stereocenters. The lowest BCUT2D eigenvalue weighted by molar-refractivity contribution is 0.588. The summed E-state index contributed by atoms with van der Waals surface area (Å²) in [6.07, 6.45) is 0.730. The van der Waals surface area contributed by atoms with Crippen LogP contribution in [0.3, 0.4) is 0 Å². The van der Waals surface area contributed by atoms with E-state index in [1.807, 2.05) is 24.3 Å². The highest BCUT2D eigenvalue weighted by molar-refractivity contribution is 6.31. The van der Waals surface area contributed by atoms with Crippen molar-refractivity contribution >= 4 is 11.6 Å². The fraction of sp³-hybridized carbons (Fsp3) is 0.294. The Morgan fingerprint density at radius 3 is 2.55 bits per heavy atom. The normalized spacial score (nSPS) is 12.3. The van der Waals surface area contributed by atoms with Crippen LogP contribution in [0.2, 0.25) is 5.02 Å². The van der Waals surface area contributed by atoms with Crippen LogP contribution in [0.15, 0.2) is 48.5 Å². The molecular formula is C17H19ClFN. The average molecular weight is 292 g/mol. The summed E-state index contributed by atoms with van der Waals surface area (Å²) in [6, 6.07) is 15.3. The molecule has 3 heteroatoms. The van der Waals surface area contributed by atoms with Crippen molar-refractivity contribution in [1.82, 2.24) is 5.32 Å². The quantitative estimate of drug-likeness (QED) is 0.831. The summed E-state index contributed by atoms with van der Waals surface area (Å²) >= 11 is 6.06. The van der Waals surface area contributed by atoms with Crippen LogP contribution < -0.4 is 5.32 Å². The zero-order valence-corrected chi connectivity index (χ0v) is 12.3. The van der Waals surface area contributed by atoms with Gasteiger partial charge in [-0.15, -0.1) is 0 Å². The molecular weight excluding hydrogens is 273 g/mol. The van der Waals surface area contributed by atoms with E-state index < -0.39 is 0 Å². The van der Waals surface area contributed by atoms with Gasteiger partial charge in [0.15, 0.2) is 0 Å². The van der Waals surface area contributed by atoms with Crippen molar-refractivity contribution in [3.8, 4) is 0 Å². The van der Waals surface area contributed by atoms with E-state index >= 15 is 0 Å². The lowest BCUT2D eigenvalue weighted by Gasteiger charge is -2.18. The maximum Gasteiger partial charge on any atom is 0.142 e. The molecule has 0 saturated carbocycles. The van der Waals surface area contributed by atoms with Gasteiger partial charge in [0.25, 0.3) is 0 Å². The topological polar surface area (TPSA) is 12.0 Å². The Kier molecular flexibility index (Phi) is 5.57. The predicted molar refractivity (Wildman–Crippen MR) is 82.8 cm³/mol. The van der Waals surface area contributed by atoms with Crippen molar-refractivity contribution in [3.05, 3.63) is 70.5 Å². The van der Waals surface area contributed by atoms with Crippen molar-refractivity contribution in [1.29, 1.82) is 0 Å². The van der Waals surface area contributed by atoms with Crippen LogP contribution in [0.5, 0.6) is 0 Å². The highest BCUT2D eigenvalue weighted by Gasteiger charge is 2.15. The van der Waals surface area contributed by atoms with E-state index in [4.69, 9.17) is 11.6 Å². The standard InChI is InChI=1S/C17H19ClFN/c1-2-20-12-15(13-7-4-3-5-8-13)11-14-9-6-10-16(19)17(14)18/h3-10,15,20H,2,11-12H2,1H3. The Balaban J connectivity index is 2.21. The van der Waals surface area contributed by atoms with Crippen molar-refractivity contribution in [2.45, 2.75) is 19.3 Å². The molecule has 0 aliphatic carbocycles. The molecule has 20 heavy (non-hydrogen) atoms. The van der Waals surface area contributed by atoms with Gasteiger partial charge in [-0.2, -0.15) is 0 Å². The minimum Gasteiger partial charge on any atom is -0.316 e. The van der Waals surface area contributed by atoms with E-state index in [0.717, 1.165) is 25.1 Å². The molecule has 106 valence electrons. The Morgan fingerprint density at radius 1 is 1.10 bits per heavy atom. The SMILES string of the molecule is CCNCC(Cc1cccc(F)c1Cl)c1ccccc1. The first-order chi connectivity index (χ1) is 9.72. The van der Waals surface area contributed by atoms with E-state index in [9.17, 15) is 4.39 Å². The largest absolute Gasteiger partial charge is 0.316 e. The van der Waals surface area contributed by atoms with Gasteiger partial charge in [-0.1, -0.05) is 61.0 Å². The van der Waals surface area contributed by atoms with Crippen molar-refractivity contribution in [2.75, 3.05) is 13.1 Å². The predicted octanol–water partition coefficient (Wildman–Crippen LogP) is 4.41. The van der Waals surface area contributed by atoms with Crippen LogP contribution in [0.4, 0.5) is 4.39 Å². The third-order valence-corrected chi connectivity index (χ3v) is 3.83. The Hall–Kier alpha value is -1.38. The Labute approximate surface area is 124 Å². The maximum atomic E-state index is 13.5. The van der Waals surface area contributed by atoms with Gasteiger partial charge in [0.1, 0.15) is 5.82 Å². The number of benzene rings is 2. The van der Waals surface area contributed by atoms with Crippen molar-refractivity contribution < 1.29 is 4.39 Å². The number of likely N-dealkylation sites (N-methyl/N-ethyl adjacent to an activating group) is 1. The second-order valence-electron chi connectivity index (χ2n) is 4.83. The fourth-order valence-electron chi connectivity index (χ4n) is 2.32.